The highest BCUT2D eigenvalue weighted by Gasteiger charge is 2.11. The van der Waals surface area contributed by atoms with Crippen LogP contribution in [0.5, 0.6) is 5.75 Å². The second kappa shape index (κ2) is 5.35. The lowest BCUT2D eigenvalue weighted by Crippen LogP contribution is -2.14. The average molecular weight is 312 g/mol. The van der Waals surface area contributed by atoms with Gasteiger partial charge in [0.1, 0.15) is 11.6 Å². The molecule has 0 saturated carbocycles. The Kier molecular flexibility index (Phi) is 3.81. The normalized spacial score (nSPS) is 10.4. The molecule has 0 radical (unpaired) electrons. The van der Waals surface area contributed by atoms with Gasteiger partial charge in [0.15, 0.2) is 6.61 Å². The molecule has 0 amide bonds. The molecular weight excluding hydrogens is 301 g/mol. The molecule has 5 heteroatoms. The Balaban J connectivity index is 2.06. The van der Waals surface area contributed by atoms with Gasteiger partial charge in [0, 0.05) is 19.3 Å². The first kappa shape index (κ1) is 12.8. The molecule has 0 aliphatic heterocycles. The highest BCUT2D eigenvalue weighted by Crippen LogP contribution is 2.25. The van der Waals surface area contributed by atoms with E-state index in [0.717, 1.165) is 0 Å². The number of aromatic nitrogens is 1. The van der Waals surface area contributed by atoms with Gasteiger partial charge in [-0.25, -0.2) is 4.39 Å². The highest BCUT2D eigenvalue weighted by atomic mass is 79.9. The lowest BCUT2D eigenvalue weighted by Gasteiger charge is -2.08. The fourth-order valence-electron chi connectivity index (χ4n) is 1.56. The standard InChI is InChI=1S/C13H11BrFNO2/c1-16-6-2-3-11(16)12(17)8-18-13-7-9(15)4-5-10(13)14/h2-7H,8H2,1H3. The van der Waals surface area contributed by atoms with Crippen LogP contribution in [0.1, 0.15) is 10.5 Å². The third-order valence-corrected chi connectivity index (χ3v) is 3.14. The van der Waals surface area contributed by atoms with Crippen LogP contribution in [-0.2, 0) is 7.05 Å². The third-order valence-electron chi connectivity index (χ3n) is 2.48. The zero-order valence-electron chi connectivity index (χ0n) is 9.69. The summed E-state index contributed by atoms with van der Waals surface area (Å²) < 4.78 is 20.7. The van der Waals surface area contributed by atoms with Gasteiger partial charge in [0.25, 0.3) is 0 Å². The number of hydrogen-bond donors (Lipinski definition) is 0. The maximum atomic E-state index is 13.0. The van der Waals surface area contributed by atoms with Gasteiger partial charge >= 0.3 is 0 Å². The van der Waals surface area contributed by atoms with Crippen LogP contribution in [-0.4, -0.2) is 17.0 Å². The number of halogens is 2. The van der Waals surface area contributed by atoms with E-state index in [1.807, 2.05) is 0 Å². The Morgan fingerprint density at radius 2 is 2.22 bits per heavy atom. The van der Waals surface area contributed by atoms with Crippen molar-refractivity contribution in [1.82, 2.24) is 4.57 Å². The number of Topliss-reactive ketones (excluding diaryl/α,β-unsaturated/α-hetero) is 1. The van der Waals surface area contributed by atoms with Gasteiger partial charge in [-0.1, -0.05) is 0 Å². The van der Waals surface area contributed by atoms with Gasteiger partial charge in [-0.05, 0) is 40.2 Å². The molecule has 0 bridgehead atoms. The van der Waals surface area contributed by atoms with Gasteiger partial charge in [-0.3, -0.25) is 4.79 Å². The fourth-order valence-corrected chi connectivity index (χ4v) is 1.92. The molecule has 0 saturated heterocycles. The molecule has 0 aliphatic rings. The highest BCUT2D eigenvalue weighted by molar-refractivity contribution is 9.10. The van der Waals surface area contributed by atoms with Crippen molar-refractivity contribution in [3.63, 3.8) is 0 Å². The summed E-state index contributed by atoms with van der Waals surface area (Å²) in [6, 6.07) is 7.59. The summed E-state index contributed by atoms with van der Waals surface area (Å²) in [5, 5.41) is 0. The monoisotopic (exact) mass is 311 g/mol. The van der Waals surface area contributed by atoms with Crippen molar-refractivity contribution in [3.8, 4) is 5.75 Å². The zero-order valence-corrected chi connectivity index (χ0v) is 11.3. The van der Waals surface area contributed by atoms with Crippen LogP contribution >= 0.6 is 15.9 Å². The molecule has 3 nitrogen and oxygen atoms in total. The Labute approximate surface area is 112 Å². The van der Waals surface area contributed by atoms with E-state index in [1.165, 1.54) is 18.2 Å². The number of benzene rings is 1. The molecule has 0 fully saturated rings. The van der Waals surface area contributed by atoms with Gasteiger partial charge in [-0.15, -0.1) is 0 Å². The van der Waals surface area contributed by atoms with Crippen LogP contribution in [0.4, 0.5) is 4.39 Å². The molecule has 2 rings (SSSR count). The second-order valence-electron chi connectivity index (χ2n) is 3.79. The molecule has 0 N–H and O–H groups in total. The first-order valence-electron chi connectivity index (χ1n) is 5.30. The van der Waals surface area contributed by atoms with Crippen LogP contribution < -0.4 is 4.74 Å². The number of hydrogen-bond acceptors (Lipinski definition) is 2. The van der Waals surface area contributed by atoms with Crippen molar-refractivity contribution in [2.45, 2.75) is 0 Å². The molecule has 18 heavy (non-hydrogen) atoms. The number of carbonyl (C=O) groups is 1. The molecular formula is C13H11BrFNO2. The van der Waals surface area contributed by atoms with Crippen LogP contribution in [0.2, 0.25) is 0 Å². The van der Waals surface area contributed by atoms with Gasteiger partial charge in [0.05, 0.1) is 10.2 Å². The maximum Gasteiger partial charge on any atom is 0.216 e. The molecule has 0 spiro atoms. The van der Waals surface area contributed by atoms with E-state index in [1.54, 1.807) is 29.9 Å². The number of rotatable bonds is 4. The number of ketones is 1. The average Bonchev–Trinajstić information content (AvgIpc) is 2.76. The van der Waals surface area contributed by atoms with Crippen molar-refractivity contribution < 1.29 is 13.9 Å². The predicted octanol–water partition coefficient (Wildman–Crippen LogP) is 3.19. The summed E-state index contributed by atoms with van der Waals surface area (Å²) >= 11 is 3.24. The summed E-state index contributed by atoms with van der Waals surface area (Å²) in [4.78, 5) is 11.8. The predicted molar refractivity (Wildman–Crippen MR) is 69.3 cm³/mol. The topological polar surface area (TPSA) is 31.2 Å². The minimum atomic E-state index is -0.403. The quantitative estimate of drug-likeness (QED) is 0.812. The molecule has 0 atom stereocenters. The van der Waals surface area contributed by atoms with Crippen molar-refractivity contribution >= 4 is 21.7 Å². The lowest BCUT2D eigenvalue weighted by molar-refractivity contribution is 0.0912. The van der Waals surface area contributed by atoms with E-state index in [9.17, 15) is 9.18 Å². The summed E-state index contributed by atoms with van der Waals surface area (Å²) in [7, 11) is 1.78. The number of ether oxygens (including phenoxy) is 1. The second-order valence-corrected chi connectivity index (χ2v) is 4.65. The largest absolute Gasteiger partial charge is 0.484 e. The van der Waals surface area contributed by atoms with Crippen molar-refractivity contribution in [2.24, 2.45) is 7.05 Å². The number of carbonyl (C=O) groups excluding carboxylic acids is 1. The van der Waals surface area contributed by atoms with E-state index >= 15 is 0 Å². The maximum absolute atomic E-state index is 13.0. The van der Waals surface area contributed by atoms with E-state index < -0.39 is 5.82 Å². The fraction of sp³-hybridized carbons (Fsp3) is 0.154. The van der Waals surface area contributed by atoms with E-state index in [0.29, 0.717) is 15.9 Å². The molecule has 0 unspecified atom stereocenters. The van der Waals surface area contributed by atoms with Crippen molar-refractivity contribution in [2.75, 3.05) is 6.61 Å². The number of aryl methyl sites for hydroxylation is 1. The molecule has 0 aliphatic carbocycles. The molecule has 1 heterocycles. The Morgan fingerprint density at radius 1 is 1.44 bits per heavy atom. The van der Waals surface area contributed by atoms with Gasteiger partial charge < -0.3 is 9.30 Å². The minimum Gasteiger partial charge on any atom is -0.484 e. The molecule has 1 aromatic carbocycles. The summed E-state index contributed by atoms with van der Waals surface area (Å²) in [5.74, 6) is -0.240. The first-order chi connectivity index (χ1) is 8.58. The third kappa shape index (κ3) is 2.79. The van der Waals surface area contributed by atoms with E-state index in [-0.39, 0.29) is 12.4 Å². The Hall–Kier alpha value is -1.62. The van der Waals surface area contributed by atoms with Crippen LogP contribution in [0.3, 0.4) is 0 Å². The Bertz CT molecular complexity index is 580. The summed E-state index contributed by atoms with van der Waals surface area (Å²) in [6.45, 7) is -0.125. The van der Waals surface area contributed by atoms with Crippen LogP contribution in [0.15, 0.2) is 41.0 Å². The van der Waals surface area contributed by atoms with Gasteiger partial charge in [0.2, 0.25) is 5.78 Å². The lowest BCUT2D eigenvalue weighted by atomic mass is 10.3. The van der Waals surface area contributed by atoms with Gasteiger partial charge in [-0.2, -0.15) is 0 Å². The minimum absolute atomic E-state index is 0.125. The SMILES string of the molecule is Cn1cccc1C(=O)COc1cc(F)ccc1Br. The van der Waals surface area contributed by atoms with Crippen molar-refractivity contribution in [3.05, 3.63) is 52.5 Å². The summed E-state index contributed by atoms with van der Waals surface area (Å²) in [6.07, 6.45) is 1.78. The smallest absolute Gasteiger partial charge is 0.216 e. The molecule has 2 aromatic rings. The number of nitrogens with zero attached hydrogens (tertiary/aromatic N) is 1. The van der Waals surface area contributed by atoms with Crippen molar-refractivity contribution in [1.29, 1.82) is 0 Å². The zero-order chi connectivity index (χ0) is 13.1. The first-order valence-corrected chi connectivity index (χ1v) is 6.09. The van der Waals surface area contributed by atoms with Crippen LogP contribution in [0, 0.1) is 5.82 Å². The molecule has 94 valence electrons. The van der Waals surface area contributed by atoms with Crippen LogP contribution in [0.25, 0.3) is 0 Å². The van der Waals surface area contributed by atoms with E-state index in [4.69, 9.17) is 4.74 Å². The summed E-state index contributed by atoms with van der Waals surface area (Å²) in [5.41, 5.74) is 0.558. The Morgan fingerprint density at radius 3 is 2.89 bits per heavy atom. The van der Waals surface area contributed by atoms with E-state index in [2.05, 4.69) is 15.9 Å². The molecule has 1 aromatic heterocycles.